The summed E-state index contributed by atoms with van der Waals surface area (Å²) in [5.74, 6) is 0.513. The van der Waals surface area contributed by atoms with E-state index >= 15 is 0 Å². The molecule has 0 atom stereocenters. The Labute approximate surface area is 238 Å². The van der Waals surface area contributed by atoms with Gasteiger partial charge in [-0.1, -0.05) is 67.0 Å². The third-order valence-electron chi connectivity index (χ3n) is 5.30. The number of halogens is 2. The zero-order valence-electron chi connectivity index (χ0n) is 21.5. The first-order chi connectivity index (χ1) is 18.5. The average Bonchev–Trinajstić information content (AvgIpc) is 3.51. The van der Waals surface area contributed by atoms with Crippen LogP contribution in [0.25, 0.3) is 5.69 Å². The van der Waals surface area contributed by atoms with Gasteiger partial charge in [0.15, 0.2) is 12.4 Å². The van der Waals surface area contributed by atoms with E-state index in [1.807, 2.05) is 18.2 Å². The van der Waals surface area contributed by atoms with Gasteiger partial charge in [0.2, 0.25) is 11.1 Å². The van der Waals surface area contributed by atoms with E-state index < -0.39 is 5.91 Å². The van der Waals surface area contributed by atoms with Gasteiger partial charge >= 0.3 is 0 Å². The van der Waals surface area contributed by atoms with Crippen LogP contribution in [0.5, 0.6) is 5.75 Å². The Balaban J connectivity index is 1.31. The molecule has 39 heavy (non-hydrogen) atoms. The maximum Gasteiger partial charge on any atom is 0.263 e. The van der Waals surface area contributed by atoms with Crippen LogP contribution in [-0.2, 0) is 15.0 Å². The first-order valence-corrected chi connectivity index (χ1v) is 13.4. The molecule has 0 unspecified atom stereocenters. The normalized spacial score (nSPS) is 11.3. The molecule has 2 heterocycles. The lowest BCUT2D eigenvalue weighted by atomic mass is 9.87. The van der Waals surface area contributed by atoms with Crippen LogP contribution in [-0.4, -0.2) is 49.5 Å². The molecule has 0 aliphatic rings. The lowest BCUT2D eigenvalue weighted by Crippen LogP contribution is -2.20. The topological polar surface area (TPSA) is 137 Å². The molecule has 2 N–H and O–H groups in total. The van der Waals surface area contributed by atoms with Crippen molar-refractivity contribution in [3.63, 3.8) is 0 Å². The van der Waals surface area contributed by atoms with E-state index in [2.05, 4.69) is 52.1 Å². The van der Waals surface area contributed by atoms with Crippen LogP contribution in [0.2, 0.25) is 10.0 Å². The number of hydrogen-bond donors (Lipinski definition) is 2. The number of aryl methyl sites for hydroxylation is 1. The van der Waals surface area contributed by atoms with E-state index in [0.717, 1.165) is 17.3 Å². The van der Waals surface area contributed by atoms with Gasteiger partial charge in [0.1, 0.15) is 11.5 Å². The molecule has 0 aliphatic carbocycles. The second-order valence-electron chi connectivity index (χ2n) is 9.43. The molecule has 204 valence electrons. The maximum atomic E-state index is 12.6. The summed E-state index contributed by atoms with van der Waals surface area (Å²) in [6, 6.07) is 12.0. The number of amides is 2. The quantitative estimate of drug-likeness (QED) is 0.249. The molecule has 11 nitrogen and oxygen atoms in total. The molecule has 4 aromatic rings. The van der Waals surface area contributed by atoms with Crippen LogP contribution in [0.4, 0.5) is 11.5 Å². The number of ether oxygens (including phenoxy) is 1. The largest absolute Gasteiger partial charge is 0.484 e. The van der Waals surface area contributed by atoms with Crippen LogP contribution in [0.1, 0.15) is 32.1 Å². The Bertz CT molecular complexity index is 1500. The summed E-state index contributed by atoms with van der Waals surface area (Å²) in [6.45, 7) is 7.75. The highest BCUT2D eigenvalue weighted by Crippen LogP contribution is 2.31. The minimum absolute atomic E-state index is 0.0222. The Hall–Kier alpha value is -3.61. The average molecular weight is 590 g/mol. The Morgan fingerprint density at radius 3 is 2.51 bits per heavy atom. The summed E-state index contributed by atoms with van der Waals surface area (Å²) < 4.78 is 11.9. The highest BCUT2D eigenvalue weighted by molar-refractivity contribution is 7.99. The molecule has 0 bridgehead atoms. The lowest BCUT2D eigenvalue weighted by Gasteiger charge is -2.20. The highest BCUT2D eigenvalue weighted by Gasteiger charge is 2.19. The van der Waals surface area contributed by atoms with Crippen molar-refractivity contribution in [3.8, 4) is 11.4 Å². The molecule has 0 spiro atoms. The van der Waals surface area contributed by atoms with E-state index in [9.17, 15) is 9.59 Å². The van der Waals surface area contributed by atoms with Gasteiger partial charge in [0.05, 0.1) is 27.2 Å². The van der Waals surface area contributed by atoms with E-state index in [1.54, 1.807) is 25.1 Å². The lowest BCUT2D eigenvalue weighted by molar-refractivity contribution is -0.118. The van der Waals surface area contributed by atoms with E-state index in [-0.39, 0.29) is 28.7 Å². The summed E-state index contributed by atoms with van der Waals surface area (Å²) in [4.78, 5) is 24.6. The van der Waals surface area contributed by atoms with E-state index in [1.165, 1.54) is 10.7 Å². The van der Waals surface area contributed by atoms with Crippen molar-refractivity contribution in [1.29, 1.82) is 0 Å². The molecule has 0 aliphatic heterocycles. The van der Waals surface area contributed by atoms with Crippen molar-refractivity contribution in [2.75, 3.05) is 23.0 Å². The van der Waals surface area contributed by atoms with Crippen molar-refractivity contribution in [2.45, 2.75) is 38.3 Å². The van der Waals surface area contributed by atoms with Crippen molar-refractivity contribution in [1.82, 2.24) is 25.4 Å². The summed E-state index contributed by atoms with van der Waals surface area (Å²) in [5, 5.41) is 21.9. The predicted octanol–water partition coefficient (Wildman–Crippen LogP) is 5.31. The van der Waals surface area contributed by atoms with Gasteiger partial charge < -0.3 is 19.9 Å². The number of carbonyl (C=O) groups excluding carboxylic acids is 2. The molecule has 2 aromatic heterocycles. The van der Waals surface area contributed by atoms with Gasteiger partial charge in [0, 0.05) is 12.1 Å². The number of carbonyl (C=O) groups is 2. The minimum atomic E-state index is -0.414. The standard InChI is InChI=1S/C25H25Cl2N7O4S/c1-14-9-21(31-38-14)29-22(35)12-37-16-6-7-19(17(26)11-16)28-23(36)13-39-24-30-32-33-34(24)20-8-5-15(10-18(20)27)25(2,3)4/h5-11H,12-13H2,1-4H3,(H,28,36)(H,29,31,35). The number of benzene rings is 2. The first-order valence-electron chi connectivity index (χ1n) is 11.7. The molecule has 0 radical (unpaired) electrons. The van der Waals surface area contributed by atoms with Crippen LogP contribution in [0.3, 0.4) is 0 Å². The van der Waals surface area contributed by atoms with Gasteiger partial charge in [0.25, 0.3) is 5.91 Å². The number of nitrogens with one attached hydrogen (secondary N) is 2. The zero-order valence-corrected chi connectivity index (χ0v) is 23.8. The number of tetrazole rings is 1. The Kier molecular flexibility index (Phi) is 8.78. The summed E-state index contributed by atoms with van der Waals surface area (Å²) >= 11 is 14.0. The van der Waals surface area contributed by atoms with Crippen LogP contribution >= 0.6 is 35.0 Å². The first kappa shape index (κ1) is 28.4. The van der Waals surface area contributed by atoms with E-state index in [0.29, 0.717) is 38.9 Å². The number of aromatic nitrogens is 5. The van der Waals surface area contributed by atoms with Gasteiger partial charge in [-0.15, -0.1) is 5.10 Å². The number of thioether (sulfide) groups is 1. The fourth-order valence-corrected chi connectivity index (χ4v) is 4.48. The van der Waals surface area contributed by atoms with Crippen LogP contribution < -0.4 is 15.4 Å². The molecular weight excluding hydrogens is 565 g/mol. The summed E-state index contributed by atoms with van der Waals surface area (Å²) in [5.41, 5.74) is 2.02. The van der Waals surface area contributed by atoms with Gasteiger partial charge in [-0.2, -0.15) is 4.68 Å². The van der Waals surface area contributed by atoms with Crippen LogP contribution in [0.15, 0.2) is 52.1 Å². The summed E-state index contributed by atoms with van der Waals surface area (Å²) in [7, 11) is 0. The van der Waals surface area contributed by atoms with Gasteiger partial charge in [-0.25, -0.2) is 0 Å². The second kappa shape index (κ2) is 12.1. The number of nitrogens with zero attached hydrogens (tertiary/aromatic N) is 5. The SMILES string of the molecule is Cc1cc(NC(=O)COc2ccc(NC(=O)CSc3nnnn3-c3ccc(C(C)(C)C)cc3Cl)c(Cl)c2)no1. The number of anilines is 2. The Morgan fingerprint density at radius 1 is 1.05 bits per heavy atom. The smallest absolute Gasteiger partial charge is 0.263 e. The Morgan fingerprint density at radius 2 is 1.85 bits per heavy atom. The van der Waals surface area contributed by atoms with Crippen molar-refractivity contribution in [3.05, 3.63) is 63.8 Å². The van der Waals surface area contributed by atoms with Crippen molar-refractivity contribution >= 4 is 58.3 Å². The molecule has 2 aromatic carbocycles. The molecule has 0 fully saturated rings. The molecule has 2 amide bonds. The van der Waals surface area contributed by atoms with Crippen LogP contribution in [0, 0.1) is 6.92 Å². The third-order valence-corrected chi connectivity index (χ3v) is 6.83. The van der Waals surface area contributed by atoms with Crippen molar-refractivity contribution < 1.29 is 18.8 Å². The number of rotatable bonds is 9. The van der Waals surface area contributed by atoms with E-state index in [4.69, 9.17) is 32.5 Å². The van der Waals surface area contributed by atoms with Gasteiger partial charge in [-0.3, -0.25) is 9.59 Å². The minimum Gasteiger partial charge on any atom is -0.484 e. The zero-order chi connectivity index (χ0) is 28.2. The maximum absolute atomic E-state index is 12.6. The fraction of sp³-hybridized carbons (Fsp3) is 0.280. The second-order valence-corrected chi connectivity index (χ2v) is 11.2. The number of hydrogen-bond acceptors (Lipinski definition) is 9. The molecule has 4 rings (SSSR count). The summed E-state index contributed by atoms with van der Waals surface area (Å²) in [6.07, 6.45) is 0. The molecule has 0 saturated heterocycles. The van der Waals surface area contributed by atoms with Crippen molar-refractivity contribution in [2.24, 2.45) is 0 Å². The third kappa shape index (κ3) is 7.49. The van der Waals surface area contributed by atoms with Gasteiger partial charge in [-0.05, 0) is 52.6 Å². The molecule has 14 heteroatoms. The highest BCUT2D eigenvalue weighted by atomic mass is 35.5. The predicted molar refractivity (Wildman–Crippen MR) is 149 cm³/mol. The monoisotopic (exact) mass is 589 g/mol. The molecule has 0 saturated carbocycles. The molecular formula is C25H25Cl2N7O4S. The fourth-order valence-electron chi connectivity index (χ4n) is 3.32.